The van der Waals surface area contributed by atoms with Crippen LogP contribution in [0.1, 0.15) is 6.92 Å². The summed E-state index contributed by atoms with van der Waals surface area (Å²) in [4.78, 5) is 21.6. The van der Waals surface area contributed by atoms with Crippen molar-refractivity contribution in [3.8, 4) is 0 Å². The zero-order valence-corrected chi connectivity index (χ0v) is 8.19. The van der Waals surface area contributed by atoms with E-state index in [0.717, 1.165) is 6.92 Å². The summed E-state index contributed by atoms with van der Waals surface area (Å²) >= 11 is 5.25. The highest BCUT2D eigenvalue weighted by molar-refractivity contribution is 6.64. The van der Waals surface area contributed by atoms with E-state index in [1.165, 1.54) is 18.2 Å². The van der Waals surface area contributed by atoms with Crippen molar-refractivity contribution in [1.82, 2.24) is 0 Å². The van der Waals surface area contributed by atoms with Crippen LogP contribution in [0, 0.1) is 5.92 Å². The van der Waals surface area contributed by atoms with Crippen molar-refractivity contribution >= 4 is 22.8 Å². The molecule has 1 aliphatic carbocycles. The Labute approximate surface area is 85.8 Å². The van der Waals surface area contributed by atoms with Crippen molar-refractivity contribution in [3.63, 3.8) is 0 Å². The van der Waals surface area contributed by atoms with Crippen molar-refractivity contribution < 1.29 is 19.4 Å². The third kappa shape index (κ3) is 2.21. The van der Waals surface area contributed by atoms with Gasteiger partial charge in [-0.1, -0.05) is 18.2 Å². The van der Waals surface area contributed by atoms with E-state index < -0.39 is 22.9 Å². The molecule has 0 radical (unpaired) electrons. The minimum atomic E-state index is -1.96. The average Bonchev–Trinajstić information content (AvgIpc) is 2.01. The number of esters is 1. The van der Waals surface area contributed by atoms with E-state index in [4.69, 9.17) is 11.6 Å². The Kier molecular flexibility index (Phi) is 3.08. The Bertz CT molecular complexity index is 321. The minimum Gasteiger partial charge on any atom is -0.428 e. The van der Waals surface area contributed by atoms with Crippen LogP contribution in [0.2, 0.25) is 0 Å². The number of halogens is 1. The van der Waals surface area contributed by atoms with Gasteiger partial charge in [-0.05, 0) is 17.7 Å². The lowest BCUT2D eigenvalue weighted by atomic mass is 9.95. The van der Waals surface area contributed by atoms with Gasteiger partial charge in [-0.2, -0.15) is 0 Å². The van der Waals surface area contributed by atoms with Gasteiger partial charge in [-0.3, -0.25) is 9.59 Å². The van der Waals surface area contributed by atoms with E-state index in [-0.39, 0.29) is 0 Å². The molecule has 1 N–H and O–H groups in total. The second-order valence-electron chi connectivity index (χ2n) is 2.87. The molecule has 0 aliphatic heterocycles. The molecular formula is C9H9ClO4. The van der Waals surface area contributed by atoms with Crippen LogP contribution in [0.15, 0.2) is 24.3 Å². The molecule has 0 amide bonds. The molecule has 0 saturated carbocycles. The van der Waals surface area contributed by atoms with E-state index in [0.29, 0.717) is 0 Å². The second-order valence-corrected chi connectivity index (χ2v) is 3.24. The normalized spacial score (nSPS) is 30.1. The first-order valence-corrected chi connectivity index (χ1v) is 4.31. The number of hydrogen-bond acceptors (Lipinski definition) is 4. The molecule has 1 rings (SSSR count). The fourth-order valence-electron chi connectivity index (χ4n) is 1.18. The fraction of sp³-hybridized carbons (Fsp3) is 0.333. The van der Waals surface area contributed by atoms with Gasteiger partial charge in [0.2, 0.25) is 11.0 Å². The molecule has 0 heterocycles. The molecule has 0 bridgehead atoms. The van der Waals surface area contributed by atoms with Gasteiger partial charge in [-0.15, -0.1) is 0 Å². The summed E-state index contributed by atoms with van der Waals surface area (Å²) < 4.78 is 4.63. The van der Waals surface area contributed by atoms with Crippen molar-refractivity contribution in [3.05, 3.63) is 24.3 Å². The molecule has 4 nitrogen and oxygen atoms in total. The number of hydrogen-bond donors (Lipinski definition) is 1. The van der Waals surface area contributed by atoms with Gasteiger partial charge in [0.05, 0.1) is 0 Å². The van der Waals surface area contributed by atoms with E-state index >= 15 is 0 Å². The van der Waals surface area contributed by atoms with Gasteiger partial charge in [0, 0.05) is 6.92 Å². The van der Waals surface area contributed by atoms with Gasteiger partial charge < -0.3 is 9.84 Å². The molecule has 0 fully saturated rings. The van der Waals surface area contributed by atoms with Crippen LogP contribution >= 0.6 is 11.6 Å². The second kappa shape index (κ2) is 3.94. The highest BCUT2D eigenvalue weighted by Crippen LogP contribution is 2.27. The van der Waals surface area contributed by atoms with Gasteiger partial charge in [0.25, 0.3) is 0 Å². The van der Waals surface area contributed by atoms with Gasteiger partial charge in [0.1, 0.15) is 5.92 Å². The Morgan fingerprint density at radius 2 is 2.14 bits per heavy atom. The maximum Gasteiger partial charge on any atom is 0.305 e. The predicted molar refractivity (Wildman–Crippen MR) is 49.3 cm³/mol. The molecule has 2 atom stereocenters. The van der Waals surface area contributed by atoms with E-state index in [1.54, 1.807) is 6.08 Å². The van der Waals surface area contributed by atoms with Gasteiger partial charge in [0.15, 0.2) is 0 Å². The smallest absolute Gasteiger partial charge is 0.305 e. The number of aliphatic hydroxyl groups is 1. The van der Waals surface area contributed by atoms with Crippen LogP contribution in [-0.2, 0) is 14.3 Å². The molecule has 0 saturated heterocycles. The van der Waals surface area contributed by atoms with Crippen LogP contribution < -0.4 is 0 Å². The number of ether oxygens (including phenoxy) is 1. The first-order valence-electron chi connectivity index (χ1n) is 3.93. The summed E-state index contributed by atoms with van der Waals surface area (Å²) in [6, 6.07) is 0. The fourth-order valence-corrected chi connectivity index (χ4v) is 1.41. The molecule has 0 aromatic heterocycles. The number of allylic oxidation sites excluding steroid dienone is 2. The van der Waals surface area contributed by atoms with E-state index in [9.17, 15) is 14.7 Å². The van der Waals surface area contributed by atoms with Crippen molar-refractivity contribution in [2.75, 3.05) is 0 Å². The van der Waals surface area contributed by atoms with Gasteiger partial charge in [-0.25, -0.2) is 0 Å². The highest BCUT2D eigenvalue weighted by atomic mass is 35.5. The molecule has 0 spiro atoms. The quantitative estimate of drug-likeness (QED) is 0.420. The summed E-state index contributed by atoms with van der Waals surface area (Å²) in [5, 5.41) is 9.00. The molecule has 14 heavy (non-hydrogen) atoms. The zero-order chi connectivity index (χ0) is 10.8. The third-order valence-electron chi connectivity index (χ3n) is 1.75. The summed E-state index contributed by atoms with van der Waals surface area (Å²) in [7, 11) is 0. The lowest BCUT2D eigenvalue weighted by Crippen LogP contribution is -2.43. The molecular weight excluding hydrogens is 208 g/mol. The Morgan fingerprint density at radius 3 is 2.64 bits per heavy atom. The summed E-state index contributed by atoms with van der Waals surface area (Å²) in [5.41, 5.74) is 0. The highest BCUT2D eigenvalue weighted by Gasteiger charge is 2.41. The maximum absolute atomic E-state index is 10.9. The van der Waals surface area contributed by atoms with E-state index in [2.05, 4.69) is 4.74 Å². The summed E-state index contributed by atoms with van der Waals surface area (Å²) in [6.45, 7) is 1.14. The molecule has 2 unspecified atom stereocenters. The van der Waals surface area contributed by atoms with Crippen LogP contribution in [0.25, 0.3) is 0 Å². The van der Waals surface area contributed by atoms with Crippen LogP contribution in [0.5, 0.6) is 0 Å². The number of carbonyl (C=O) groups is 2. The van der Waals surface area contributed by atoms with Crippen molar-refractivity contribution in [1.29, 1.82) is 0 Å². The largest absolute Gasteiger partial charge is 0.428 e. The van der Waals surface area contributed by atoms with Crippen LogP contribution in [0.4, 0.5) is 0 Å². The standard InChI is InChI=1S/C9H9ClO4/c1-6(11)14-9(13)5-3-2-4-7(9)8(10)12/h2-5,7,13H,1H3. The lowest BCUT2D eigenvalue weighted by molar-refractivity contribution is -0.199. The first-order chi connectivity index (χ1) is 6.46. The van der Waals surface area contributed by atoms with Gasteiger partial charge >= 0.3 is 5.97 Å². The molecule has 76 valence electrons. The molecule has 0 aromatic rings. The first kappa shape index (κ1) is 10.9. The SMILES string of the molecule is CC(=O)OC1(O)C=CC=CC1C(=O)Cl. The number of rotatable bonds is 2. The average molecular weight is 217 g/mol. The Morgan fingerprint density at radius 1 is 1.50 bits per heavy atom. The summed E-state index contributed by atoms with van der Waals surface area (Å²) in [5.74, 6) is -3.70. The zero-order valence-electron chi connectivity index (χ0n) is 7.44. The maximum atomic E-state index is 10.9. The topological polar surface area (TPSA) is 63.6 Å². The molecule has 5 heteroatoms. The third-order valence-corrected chi connectivity index (χ3v) is 1.98. The minimum absolute atomic E-state index is 0.685. The Balaban J connectivity index is 2.93. The Hall–Kier alpha value is -1.13. The van der Waals surface area contributed by atoms with E-state index in [1.807, 2.05) is 0 Å². The summed E-state index contributed by atoms with van der Waals surface area (Å²) in [6.07, 6.45) is 5.60. The lowest BCUT2D eigenvalue weighted by Gasteiger charge is -2.29. The predicted octanol–water partition coefficient (Wildman–Crippen LogP) is 0.746. The van der Waals surface area contributed by atoms with Crippen molar-refractivity contribution in [2.24, 2.45) is 5.92 Å². The molecule has 0 aromatic carbocycles. The molecule has 1 aliphatic rings. The van der Waals surface area contributed by atoms with Crippen molar-refractivity contribution in [2.45, 2.75) is 12.7 Å². The number of carbonyl (C=O) groups excluding carboxylic acids is 2. The van der Waals surface area contributed by atoms with Crippen LogP contribution in [0.3, 0.4) is 0 Å². The van der Waals surface area contributed by atoms with Crippen LogP contribution in [-0.4, -0.2) is 22.1 Å². The monoisotopic (exact) mass is 216 g/mol.